The van der Waals surface area contributed by atoms with Crippen molar-refractivity contribution >= 4 is 62.2 Å². The Hall–Kier alpha value is -3.44. The molecule has 0 aromatic heterocycles. The molecule has 4 aromatic carbocycles. The minimum absolute atomic E-state index is 0.208. The van der Waals surface area contributed by atoms with Gasteiger partial charge in [0.15, 0.2) is 0 Å². The Morgan fingerprint density at radius 3 is 2.02 bits per heavy atom. The van der Waals surface area contributed by atoms with Crippen molar-refractivity contribution in [1.82, 2.24) is 5.32 Å². The van der Waals surface area contributed by atoms with E-state index in [-0.39, 0.29) is 4.83 Å². The van der Waals surface area contributed by atoms with E-state index in [4.69, 9.17) is 23.2 Å². The second-order valence-corrected chi connectivity index (χ2v) is 14.3. The molecule has 0 amide bonds. The van der Waals surface area contributed by atoms with Crippen LogP contribution in [0.5, 0.6) is 0 Å². The molecule has 6 heteroatoms. The Labute approximate surface area is 284 Å². The number of benzene rings is 4. The van der Waals surface area contributed by atoms with Crippen molar-refractivity contribution in [3.63, 3.8) is 0 Å². The van der Waals surface area contributed by atoms with Crippen LogP contribution in [0, 0.1) is 41.5 Å². The minimum atomic E-state index is -0.208. The Morgan fingerprint density at radius 1 is 0.756 bits per heavy atom. The maximum Gasteiger partial charge on any atom is 0.125 e. The molecular formula is C39H36BrCl2N3. The van der Waals surface area contributed by atoms with Crippen LogP contribution >= 0.6 is 39.1 Å². The van der Waals surface area contributed by atoms with Gasteiger partial charge >= 0.3 is 0 Å². The summed E-state index contributed by atoms with van der Waals surface area (Å²) in [5.74, 6) is 0. The van der Waals surface area contributed by atoms with Crippen LogP contribution in [0.2, 0.25) is 0 Å². The molecule has 1 unspecified atom stereocenters. The number of allylic oxidation sites excluding steroid dienone is 2. The van der Waals surface area contributed by atoms with Crippen molar-refractivity contribution in [3.05, 3.63) is 138 Å². The predicted molar refractivity (Wildman–Crippen MR) is 196 cm³/mol. The summed E-state index contributed by atoms with van der Waals surface area (Å²) in [6.45, 7) is 14.6. The van der Waals surface area contributed by atoms with Crippen LogP contribution in [-0.4, -0.2) is 18.0 Å². The molecule has 1 saturated heterocycles. The number of halogens is 3. The molecule has 4 aromatic rings. The van der Waals surface area contributed by atoms with Crippen LogP contribution in [0.1, 0.15) is 38.9 Å². The molecule has 0 saturated carbocycles. The van der Waals surface area contributed by atoms with E-state index in [0.29, 0.717) is 10.2 Å². The van der Waals surface area contributed by atoms with Gasteiger partial charge in [-0.05, 0) is 97.0 Å². The summed E-state index contributed by atoms with van der Waals surface area (Å²) in [5.41, 5.74) is 17.0. The molecule has 228 valence electrons. The Bertz CT molecular complexity index is 2060. The summed E-state index contributed by atoms with van der Waals surface area (Å²) in [7, 11) is 0. The topological polar surface area (TPSA) is 18.5 Å². The first-order chi connectivity index (χ1) is 21.5. The van der Waals surface area contributed by atoms with Gasteiger partial charge < -0.3 is 15.1 Å². The molecule has 0 bridgehead atoms. The van der Waals surface area contributed by atoms with E-state index in [1.807, 2.05) is 0 Å². The molecule has 45 heavy (non-hydrogen) atoms. The minimum Gasteiger partial charge on any atom is -0.347 e. The second kappa shape index (κ2) is 11.4. The summed E-state index contributed by atoms with van der Waals surface area (Å²) in [6.07, 6.45) is 2.27. The molecule has 2 aliphatic heterocycles. The Morgan fingerprint density at radius 2 is 1.36 bits per heavy atom. The molecule has 7 rings (SSSR count). The Kier molecular flexibility index (Phi) is 7.67. The third-order valence-electron chi connectivity index (χ3n) is 9.27. The fourth-order valence-electron chi connectivity index (χ4n) is 7.73. The molecule has 1 fully saturated rings. The van der Waals surface area contributed by atoms with Crippen LogP contribution < -0.4 is 25.6 Å². The quantitative estimate of drug-likeness (QED) is 0.147. The zero-order valence-corrected chi connectivity index (χ0v) is 29.5. The zero-order valence-electron chi connectivity index (χ0n) is 26.4. The van der Waals surface area contributed by atoms with Crippen LogP contribution in [-0.2, 0) is 0 Å². The predicted octanol–water partition coefficient (Wildman–Crippen LogP) is 8.71. The van der Waals surface area contributed by atoms with Gasteiger partial charge in [0.05, 0.1) is 34.5 Å². The van der Waals surface area contributed by atoms with E-state index in [2.05, 4.69) is 145 Å². The summed E-state index contributed by atoms with van der Waals surface area (Å²) in [4.78, 5) is 4.75. The van der Waals surface area contributed by atoms with Gasteiger partial charge in [0.25, 0.3) is 0 Å². The maximum absolute atomic E-state index is 7.11. The average Bonchev–Trinajstić information content (AvgIpc) is 3.56. The summed E-state index contributed by atoms with van der Waals surface area (Å²) >= 11 is 18.3. The molecule has 1 N–H and O–H groups in total. The highest BCUT2D eigenvalue weighted by Gasteiger charge is 2.37. The molecule has 0 spiro atoms. The number of rotatable bonds is 2. The average molecular weight is 698 g/mol. The number of nitrogens with zero attached hydrogens (tertiary/aromatic N) is 2. The van der Waals surface area contributed by atoms with Gasteiger partial charge in [-0.25, -0.2) is 0 Å². The molecule has 1 aliphatic carbocycles. The normalized spacial score (nSPS) is 20.3. The van der Waals surface area contributed by atoms with E-state index in [0.717, 1.165) is 29.7 Å². The SMILES string of the molecule is Cc1cc(C)c(N2CC(=C3NC(Cl)=C(Cl)C(=c4cccc5c4=Cc4ccccc4-5)C3Br)N(c3c(C)cc(C)cc3C)C2)c(C)c1. The lowest BCUT2D eigenvalue weighted by Gasteiger charge is -2.31. The van der Waals surface area contributed by atoms with Crippen molar-refractivity contribution in [2.75, 3.05) is 23.0 Å². The third-order valence-corrected chi connectivity index (χ3v) is 11.0. The summed E-state index contributed by atoms with van der Waals surface area (Å²) in [5, 5.41) is 6.79. The van der Waals surface area contributed by atoms with Crippen LogP contribution in [0.15, 0.2) is 88.3 Å². The van der Waals surface area contributed by atoms with Gasteiger partial charge in [0, 0.05) is 16.9 Å². The highest BCUT2D eigenvalue weighted by molar-refractivity contribution is 9.10. The van der Waals surface area contributed by atoms with Gasteiger partial charge in [-0.15, -0.1) is 0 Å². The zero-order chi connectivity index (χ0) is 31.7. The molecule has 1 atom stereocenters. The van der Waals surface area contributed by atoms with Crippen molar-refractivity contribution in [2.24, 2.45) is 0 Å². The number of alkyl halides is 1. The highest BCUT2D eigenvalue weighted by atomic mass is 79.9. The van der Waals surface area contributed by atoms with Gasteiger partial charge in [0.1, 0.15) is 5.16 Å². The molecule has 3 aliphatic rings. The largest absolute Gasteiger partial charge is 0.347 e. The summed E-state index contributed by atoms with van der Waals surface area (Å²) < 4.78 is 0. The van der Waals surface area contributed by atoms with Gasteiger partial charge in [-0.1, -0.05) is 117 Å². The second-order valence-electron chi connectivity index (χ2n) is 12.7. The number of nitrogens with one attached hydrogen (secondary N) is 1. The van der Waals surface area contributed by atoms with E-state index in [9.17, 15) is 0 Å². The number of hydrogen-bond donors (Lipinski definition) is 1. The Balaban J connectivity index is 1.47. The number of hydrogen-bond acceptors (Lipinski definition) is 3. The first-order valence-electron chi connectivity index (χ1n) is 15.4. The van der Waals surface area contributed by atoms with Crippen LogP contribution in [0.25, 0.3) is 22.8 Å². The first-order valence-corrected chi connectivity index (χ1v) is 17.0. The smallest absolute Gasteiger partial charge is 0.125 e. The number of anilines is 2. The van der Waals surface area contributed by atoms with Crippen molar-refractivity contribution in [3.8, 4) is 11.1 Å². The van der Waals surface area contributed by atoms with Gasteiger partial charge in [0.2, 0.25) is 0 Å². The van der Waals surface area contributed by atoms with Crippen molar-refractivity contribution < 1.29 is 0 Å². The maximum atomic E-state index is 7.11. The van der Waals surface area contributed by atoms with Crippen molar-refractivity contribution in [2.45, 2.75) is 46.4 Å². The highest BCUT2D eigenvalue weighted by Crippen LogP contribution is 2.43. The van der Waals surface area contributed by atoms with E-state index < -0.39 is 0 Å². The lowest BCUT2D eigenvalue weighted by Crippen LogP contribution is -2.37. The van der Waals surface area contributed by atoms with Gasteiger partial charge in [-0.3, -0.25) is 0 Å². The fourth-order valence-corrected chi connectivity index (χ4v) is 9.17. The van der Waals surface area contributed by atoms with Gasteiger partial charge in [-0.2, -0.15) is 0 Å². The molecular weight excluding hydrogens is 661 g/mol. The monoisotopic (exact) mass is 695 g/mol. The molecule has 3 nitrogen and oxygen atoms in total. The fraction of sp³-hybridized carbons (Fsp3) is 0.231. The van der Waals surface area contributed by atoms with Crippen LogP contribution in [0.4, 0.5) is 11.4 Å². The standard InChI is InChI=1S/C39H36BrCl2N3/c1-21-14-23(3)37(24(4)15-21)44-19-32(45(20-44)38-25(5)16-22(2)17-26(38)6)36-34(40)33(35(41)39(42)43-36)30-13-9-12-29-28-11-8-7-10-27(28)18-31(29)30/h7-18,34,43H,19-20H2,1-6H3. The van der Waals surface area contributed by atoms with E-state index in [1.165, 1.54) is 72.4 Å². The third kappa shape index (κ3) is 5.02. The number of fused-ring (bicyclic) bond motifs is 3. The first kappa shape index (κ1) is 30.2. The summed E-state index contributed by atoms with van der Waals surface area (Å²) in [6, 6.07) is 24.1. The lowest BCUT2D eigenvalue weighted by molar-refractivity contribution is 0.907. The molecule has 0 radical (unpaired) electrons. The lowest BCUT2D eigenvalue weighted by atomic mass is 9.98. The molecule has 2 heterocycles. The van der Waals surface area contributed by atoms with E-state index >= 15 is 0 Å². The van der Waals surface area contributed by atoms with E-state index in [1.54, 1.807) is 0 Å². The van der Waals surface area contributed by atoms with Crippen molar-refractivity contribution in [1.29, 1.82) is 0 Å². The number of aryl methyl sites for hydroxylation is 6. The van der Waals surface area contributed by atoms with Crippen LogP contribution in [0.3, 0.4) is 0 Å².